The van der Waals surface area contributed by atoms with Gasteiger partial charge in [0.15, 0.2) is 0 Å². The van der Waals surface area contributed by atoms with Gasteiger partial charge in [0, 0.05) is 10.3 Å². The third-order valence-corrected chi connectivity index (χ3v) is 6.21. The fourth-order valence-electron chi connectivity index (χ4n) is 3.70. The standard InChI is InChI=1S/C20H16N2O3S/c1-10-6-7-12-15(8-10)26-19-16(12)18(23)21-17(22-19)13-9-11-4-2-3-5-14(11)25-20(13)24/h2-5,9-10H,6-8H2,1H3,(H,21,22,23). The van der Waals surface area contributed by atoms with Crippen LogP contribution in [0.5, 0.6) is 0 Å². The summed E-state index contributed by atoms with van der Waals surface area (Å²) in [7, 11) is 0. The van der Waals surface area contributed by atoms with Crippen molar-refractivity contribution in [3.63, 3.8) is 0 Å². The molecule has 5 nitrogen and oxygen atoms in total. The lowest BCUT2D eigenvalue weighted by Crippen LogP contribution is -2.15. The van der Waals surface area contributed by atoms with E-state index in [1.807, 2.05) is 18.2 Å². The molecule has 1 atom stereocenters. The molecule has 3 heterocycles. The van der Waals surface area contributed by atoms with Gasteiger partial charge in [-0.05, 0) is 42.9 Å². The molecule has 26 heavy (non-hydrogen) atoms. The van der Waals surface area contributed by atoms with Gasteiger partial charge >= 0.3 is 5.63 Å². The molecule has 0 fully saturated rings. The van der Waals surface area contributed by atoms with E-state index in [1.54, 1.807) is 23.5 Å². The minimum absolute atomic E-state index is 0.176. The van der Waals surface area contributed by atoms with Gasteiger partial charge in [0.25, 0.3) is 5.56 Å². The molecule has 0 aliphatic heterocycles. The summed E-state index contributed by atoms with van der Waals surface area (Å²) in [6.07, 6.45) is 3.00. The van der Waals surface area contributed by atoms with Crippen LogP contribution in [0.4, 0.5) is 0 Å². The summed E-state index contributed by atoms with van der Waals surface area (Å²) in [4.78, 5) is 34.5. The zero-order valence-electron chi connectivity index (χ0n) is 14.2. The number of aromatic nitrogens is 2. The van der Waals surface area contributed by atoms with Gasteiger partial charge in [-0.2, -0.15) is 0 Å². The predicted octanol–water partition coefficient (Wildman–Crippen LogP) is 3.88. The van der Waals surface area contributed by atoms with Crippen LogP contribution < -0.4 is 11.2 Å². The van der Waals surface area contributed by atoms with Crippen molar-refractivity contribution in [2.75, 3.05) is 0 Å². The van der Waals surface area contributed by atoms with E-state index in [0.29, 0.717) is 21.7 Å². The molecular formula is C20H16N2O3S. The lowest BCUT2D eigenvalue weighted by atomic mass is 9.89. The van der Waals surface area contributed by atoms with E-state index in [2.05, 4.69) is 16.9 Å². The molecule has 1 unspecified atom stereocenters. The van der Waals surface area contributed by atoms with Crippen molar-refractivity contribution in [1.29, 1.82) is 0 Å². The molecule has 1 N–H and O–H groups in total. The Balaban J connectivity index is 1.75. The normalized spacial score (nSPS) is 16.9. The van der Waals surface area contributed by atoms with Crippen LogP contribution in [0, 0.1) is 5.92 Å². The molecule has 0 spiro atoms. The van der Waals surface area contributed by atoms with E-state index in [4.69, 9.17) is 4.42 Å². The highest BCUT2D eigenvalue weighted by Gasteiger charge is 2.23. The first-order valence-corrected chi connectivity index (χ1v) is 9.49. The fourth-order valence-corrected chi connectivity index (χ4v) is 5.09. The van der Waals surface area contributed by atoms with Gasteiger partial charge in [-0.25, -0.2) is 9.78 Å². The van der Waals surface area contributed by atoms with Gasteiger partial charge < -0.3 is 9.40 Å². The van der Waals surface area contributed by atoms with Gasteiger partial charge in [-0.3, -0.25) is 4.79 Å². The lowest BCUT2D eigenvalue weighted by molar-refractivity contribution is 0.509. The minimum atomic E-state index is -0.499. The smallest absolute Gasteiger partial charge is 0.347 e. The maximum Gasteiger partial charge on any atom is 0.347 e. The van der Waals surface area contributed by atoms with Crippen LogP contribution in [0.15, 0.2) is 44.3 Å². The number of hydrogen-bond acceptors (Lipinski definition) is 5. The summed E-state index contributed by atoms with van der Waals surface area (Å²) in [6, 6.07) is 9.02. The Morgan fingerprint density at radius 1 is 1.27 bits per heavy atom. The molecule has 0 saturated heterocycles. The number of aromatic amines is 1. The quantitative estimate of drug-likeness (QED) is 0.520. The minimum Gasteiger partial charge on any atom is -0.422 e. The number of hydrogen-bond donors (Lipinski definition) is 1. The van der Waals surface area contributed by atoms with E-state index >= 15 is 0 Å². The van der Waals surface area contributed by atoms with Crippen molar-refractivity contribution in [1.82, 2.24) is 9.97 Å². The summed E-state index contributed by atoms with van der Waals surface area (Å²) in [5.74, 6) is 0.898. The molecule has 0 bridgehead atoms. The molecule has 1 aromatic carbocycles. The van der Waals surface area contributed by atoms with Crippen LogP contribution >= 0.6 is 11.3 Å². The van der Waals surface area contributed by atoms with E-state index in [0.717, 1.165) is 30.2 Å². The summed E-state index contributed by atoms with van der Waals surface area (Å²) in [5, 5.41) is 1.48. The number of aryl methyl sites for hydroxylation is 1. The van der Waals surface area contributed by atoms with Crippen LogP contribution in [-0.4, -0.2) is 9.97 Å². The van der Waals surface area contributed by atoms with Gasteiger partial charge in [-0.15, -0.1) is 11.3 Å². The van der Waals surface area contributed by atoms with Crippen molar-refractivity contribution in [2.45, 2.75) is 26.2 Å². The van der Waals surface area contributed by atoms with Crippen LogP contribution in [-0.2, 0) is 12.8 Å². The predicted molar refractivity (Wildman–Crippen MR) is 103 cm³/mol. The second-order valence-corrected chi connectivity index (χ2v) is 8.02. The molecule has 5 rings (SSSR count). The zero-order valence-corrected chi connectivity index (χ0v) is 15.0. The number of rotatable bonds is 1. The Labute approximate surface area is 152 Å². The van der Waals surface area contributed by atoms with Crippen LogP contribution in [0.25, 0.3) is 32.6 Å². The first kappa shape index (κ1) is 15.5. The molecule has 6 heteroatoms. The summed E-state index contributed by atoms with van der Waals surface area (Å²) in [5.41, 5.74) is 1.26. The monoisotopic (exact) mass is 364 g/mol. The first-order chi connectivity index (χ1) is 12.6. The second kappa shape index (κ2) is 5.64. The molecule has 3 aromatic heterocycles. The lowest BCUT2D eigenvalue weighted by Gasteiger charge is -2.17. The van der Waals surface area contributed by atoms with Crippen LogP contribution in [0.1, 0.15) is 23.8 Å². The van der Waals surface area contributed by atoms with E-state index < -0.39 is 5.63 Å². The number of fused-ring (bicyclic) bond motifs is 4. The summed E-state index contributed by atoms with van der Waals surface area (Å²) in [6.45, 7) is 2.23. The zero-order chi connectivity index (χ0) is 17.8. The second-order valence-electron chi connectivity index (χ2n) is 6.93. The Morgan fingerprint density at radius 2 is 2.12 bits per heavy atom. The van der Waals surface area contributed by atoms with Crippen LogP contribution in [0.3, 0.4) is 0 Å². The Morgan fingerprint density at radius 3 is 3.00 bits per heavy atom. The highest BCUT2D eigenvalue weighted by molar-refractivity contribution is 7.18. The topological polar surface area (TPSA) is 76.0 Å². The number of para-hydroxylation sites is 1. The van der Waals surface area contributed by atoms with E-state index in [-0.39, 0.29) is 16.9 Å². The average molecular weight is 364 g/mol. The highest BCUT2D eigenvalue weighted by Crippen LogP contribution is 2.36. The van der Waals surface area contributed by atoms with Crippen LogP contribution in [0.2, 0.25) is 0 Å². The van der Waals surface area contributed by atoms with Crippen molar-refractivity contribution in [2.24, 2.45) is 5.92 Å². The van der Waals surface area contributed by atoms with Crippen molar-refractivity contribution in [3.05, 3.63) is 61.5 Å². The summed E-state index contributed by atoms with van der Waals surface area (Å²) >= 11 is 1.57. The molecular weight excluding hydrogens is 348 g/mol. The Hall–Kier alpha value is -2.73. The van der Waals surface area contributed by atoms with Crippen molar-refractivity contribution >= 4 is 32.5 Å². The largest absolute Gasteiger partial charge is 0.422 e. The molecule has 130 valence electrons. The van der Waals surface area contributed by atoms with Crippen molar-refractivity contribution < 1.29 is 4.42 Å². The SMILES string of the molecule is CC1CCc2c(sc3nc(-c4cc5ccccc5oc4=O)[nH]c(=O)c23)C1. The van der Waals surface area contributed by atoms with Gasteiger partial charge in [0.05, 0.1) is 5.39 Å². The third-order valence-electron chi connectivity index (χ3n) is 5.06. The molecule has 1 aliphatic rings. The first-order valence-electron chi connectivity index (χ1n) is 8.68. The highest BCUT2D eigenvalue weighted by atomic mass is 32.1. The third kappa shape index (κ3) is 2.33. The maximum atomic E-state index is 12.7. The number of nitrogens with one attached hydrogen (secondary N) is 1. The van der Waals surface area contributed by atoms with Gasteiger partial charge in [0.2, 0.25) is 0 Å². The fraction of sp³-hybridized carbons (Fsp3) is 0.250. The number of H-pyrrole nitrogens is 1. The summed E-state index contributed by atoms with van der Waals surface area (Å²) < 4.78 is 5.38. The molecule has 0 saturated carbocycles. The van der Waals surface area contributed by atoms with E-state index in [1.165, 1.54) is 4.88 Å². The number of thiophene rings is 1. The maximum absolute atomic E-state index is 12.7. The number of benzene rings is 1. The van der Waals surface area contributed by atoms with Gasteiger partial charge in [0.1, 0.15) is 21.8 Å². The Kier molecular flexibility index (Phi) is 3.37. The van der Waals surface area contributed by atoms with Crippen molar-refractivity contribution in [3.8, 4) is 11.4 Å². The van der Waals surface area contributed by atoms with E-state index in [9.17, 15) is 9.59 Å². The molecule has 0 radical (unpaired) electrons. The number of nitrogens with zero attached hydrogens (tertiary/aromatic N) is 1. The van der Waals surface area contributed by atoms with Gasteiger partial charge in [-0.1, -0.05) is 25.1 Å². The molecule has 1 aliphatic carbocycles. The molecule has 4 aromatic rings. The average Bonchev–Trinajstić information content (AvgIpc) is 2.98. The molecule has 0 amide bonds. The Bertz CT molecular complexity index is 1280.